The molecule has 3 aromatic rings. The predicted molar refractivity (Wildman–Crippen MR) is 125 cm³/mol. The van der Waals surface area contributed by atoms with E-state index in [9.17, 15) is 38.1 Å². The first-order valence-corrected chi connectivity index (χ1v) is 11.6. The van der Waals surface area contributed by atoms with Gasteiger partial charge in [0, 0.05) is 6.42 Å². The van der Waals surface area contributed by atoms with Crippen molar-refractivity contribution in [2.75, 3.05) is 25.6 Å². The molecule has 0 bridgehead atoms. The molecule has 0 saturated carbocycles. The zero-order chi connectivity index (χ0) is 29.5. The summed E-state index contributed by atoms with van der Waals surface area (Å²) in [5.41, 5.74) is 2.65. The number of rotatable bonds is 10. The van der Waals surface area contributed by atoms with E-state index >= 15 is 4.39 Å². The number of anilines is 1. The second kappa shape index (κ2) is 10.6. The van der Waals surface area contributed by atoms with Gasteiger partial charge in [-0.2, -0.15) is 23.1 Å². The maximum absolute atomic E-state index is 16.0. The van der Waals surface area contributed by atoms with E-state index in [-0.39, 0.29) is 33.6 Å². The van der Waals surface area contributed by atoms with Crippen LogP contribution in [-0.4, -0.2) is 90.6 Å². The smallest absolute Gasteiger partial charge is 0.422 e. The van der Waals surface area contributed by atoms with Crippen LogP contribution in [0.25, 0.3) is 11.2 Å². The second-order valence-electron chi connectivity index (χ2n) is 8.75. The van der Waals surface area contributed by atoms with Gasteiger partial charge >= 0.3 is 18.1 Å². The Morgan fingerprint density at radius 3 is 2.45 bits per heavy atom. The number of aliphatic hydroxyl groups excluding tert-OH is 1. The van der Waals surface area contributed by atoms with E-state index in [1.165, 1.54) is 0 Å². The van der Waals surface area contributed by atoms with Gasteiger partial charge in [-0.15, -0.1) is 0 Å². The number of carboxylic acid groups (broad SMARTS) is 2. The van der Waals surface area contributed by atoms with Crippen molar-refractivity contribution in [1.82, 2.24) is 19.5 Å². The third-order valence-corrected chi connectivity index (χ3v) is 6.23. The summed E-state index contributed by atoms with van der Waals surface area (Å²) in [6, 6.07) is 4.50. The SMILES string of the molecule is Nc1nc(Cl)nc2c1ncn2[C@]1(F)CO[C@H](COC(Cc2ccc(OCC(F)(F)F)cc2)(C(=O)O)C(=O)O)[C@H]1O. The number of benzene rings is 1. The number of alkyl halides is 4. The van der Waals surface area contributed by atoms with Crippen molar-refractivity contribution in [2.45, 2.75) is 36.2 Å². The Bertz CT molecular complexity index is 1410. The quantitative estimate of drug-likeness (QED) is 0.151. The molecule has 0 unspecified atom stereocenters. The Labute approximate surface area is 226 Å². The van der Waals surface area contributed by atoms with Gasteiger partial charge < -0.3 is 35.3 Å². The molecular weight excluding hydrogens is 574 g/mol. The van der Waals surface area contributed by atoms with Crippen LogP contribution in [0.4, 0.5) is 23.4 Å². The van der Waals surface area contributed by atoms with Gasteiger partial charge in [-0.1, -0.05) is 12.1 Å². The molecule has 0 amide bonds. The number of nitrogens with zero attached hydrogens (tertiary/aromatic N) is 4. The Kier molecular flexibility index (Phi) is 7.77. The lowest BCUT2D eigenvalue weighted by Crippen LogP contribution is -2.53. The fraction of sp³-hybridized carbons (Fsp3) is 0.409. The normalized spacial score (nSPS) is 21.6. The summed E-state index contributed by atoms with van der Waals surface area (Å²) in [7, 11) is 0. The number of nitrogens with two attached hydrogens (primary N) is 1. The summed E-state index contributed by atoms with van der Waals surface area (Å²) >= 11 is 5.80. The number of halogens is 5. The summed E-state index contributed by atoms with van der Waals surface area (Å²) in [5.74, 6) is -6.93. The van der Waals surface area contributed by atoms with E-state index in [4.69, 9.17) is 26.8 Å². The molecule has 1 saturated heterocycles. The van der Waals surface area contributed by atoms with E-state index in [0.29, 0.717) is 0 Å². The molecule has 216 valence electrons. The summed E-state index contributed by atoms with van der Waals surface area (Å²) in [6.45, 7) is -3.24. The van der Waals surface area contributed by atoms with Gasteiger partial charge in [-0.25, -0.2) is 19.0 Å². The molecule has 1 aliphatic rings. The molecule has 4 rings (SSSR count). The van der Waals surface area contributed by atoms with Crippen molar-refractivity contribution in [3.63, 3.8) is 0 Å². The molecule has 0 aliphatic carbocycles. The first-order valence-electron chi connectivity index (χ1n) is 11.2. The summed E-state index contributed by atoms with van der Waals surface area (Å²) < 4.78 is 69.0. The molecule has 0 spiro atoms. The molecule has 3 heterocycles. The van der Waals surface area contributed by atoms with Crippen LogP contribution in [-0.2, 0) is 31.3 Å². The van der Waals surface area contributed by atoms with Crippen LogP contribution in [0, 0.1) is 0 Å². The lowest BCUT2D eigenvalue weighted by atomic mass is 9.94. The number of aliphatic carboxylic acids is 2. The topological polar surface area (TPSA) is 192 Å². The highest BCUT2D eigenvalue weighted by Gasteiger charge is 2.55. The Morgan fingerprint density at radius 1 is 1.20 bits per heavy atom. The molecular formula is C22H20ClF4N5O8. The zero-order valence-corrected chi connectivity index (χ0v) is 20.8. The van der Waals surface area contributed by atoms with Gasteiger partial charge in [-0.05, 0) is 29.3 Å². The van der Waals surface area contributed by atoms with E-state index in [2.05, 4.69) is 19.7 Å². The van der Waals surface area contributed by atoms with Crippen molar-refractivity contribution < 1.29 is 56.7 Å². The summed E-state index contributed by atoms with van der Waals surface area (Å²) in [6.07, 6.45) is -7.97. The predicted octanol–water partition coefficient (Wildman–Crippen LogP) is 1.55. The maximum atomic E-state index is 16.0. The fourth-order valence-corrected chi connectivity index (χ4v) is 4.17. The first-order chi connectivity index (χ1) is 18.7. The average Bonchev–Trinajstić information content (AvgIpc) is 3.42. The van der Waals surface area contributed by atoms with E-state index in [1.807, 2.05) is 0 Å². The van der Waals surface area contributed by atoms with Crippen LogP contribution in [0.1, 0.15) is 5.56 Å². The molecule has 1 fully saturated rings. The molecule has 18 heteroatoms. The van der Waals surface area contributed by atoms with Crippen LogP contribution in [0.15, 0.2) is 30.6 Å². The van der Waals surface area contributed by atoms with E-state index in [1.54, 1.807) is 0 Å². The third-order valence-electron chi connectivity index (χ3n) is 6.07. The average molecular weight is 594 g/mol. The minimum Gasteiger partial charge on any atom is -0.484 e. The van der Waals surface area contributed by atoms with Gasteiger partial charge in [-0.3, -0.25) is 4.57 Å². The number of fused-ring (bicyclic) bond motifs is 1. The van der Waals surface area contributed by atoms with Gasteiger partial charge in [0.05, 0.1) is 12.9 Å². The maximum Gasteiger partial charge on any atom is 0.422 e. The fourth-order valence-electron chi connectivity index (χ4n) is 4.00. The molecule has 1 aliphatic heterocycles. The minimum atomic E-state index is -4.59. The number of ether oxygens (including phenoxy) is 3. The van der Waals surface area contributed by atoms with Crippen LogP contribution in [0.5, 0.6) is 5.75 Å². The second-order valence-corrected chi connectivity index (χ2v) is 9.09. The van der Waals surface area contributed by atoms with Gasteiger partial charge in [0.15, 0.2) is 18.1 Å². The number of carbonyl (C=O) groups is 2. The van der Waals surface area contributed by atoms with E-state index in [0.717, 1.165) is 35.2 Å². The number of carboxylic acids is 2. The highest BCUT2D eigenvalue weighted by molar-refractivity contribution is 6.28. The number of aromatic nitrogens is 4. The van der Waals surface area contributed by atoms with Crippen molar-refractivity contribution >= 4 is 40.5 Å². The van der Waals surface area contributed by atoms with Gasteiger partial charge in [0.2, 0.25) is 11.1 Å². The molecule has 5 N–H and O–H groups in total. The van der Waals surface area contributed by atoms with Gasteiger partial charge in [0.1, 0.15) is 30.1 Å². The van der Waals surface area contributed by atoms with Crippen molar-refractivity contribution in [1.29, 1.82) is 0 Å². The van der Waals surface area contributed by atoms with Crippen LogP contribution < -0.4 is 10.5 Å². The standard InChI is InChI=1S/C22H20ClF4N5O8/c23-19-30-15(28)13-16(31-19)32(9-29-13)21(24)7-39-12(14(21)33)6-40-20(17(34)35,18(36)37)5-10-1-3-11(4-2-10)38-8-22(25,26)27/h1-4,9,12,14,33H,5-8H2,(H,34,35)(H,36,37)(H2,28,30,31)/t12-,14-,21-/m1/s1. The number of hydrogen-bond acceptors (Lipinski definition) is 10. The number of hydrogen-bond donors (Lipinski definition) is 4. The molecule has 40 heavy (non-hydrogen) atoms. The molecule has 13 nitrogen and oxygen atoms in total. The van der Waals surface area contributed by atoms with Crippen LogP contribution >= 0.6 is 11.6 Å². The largest absolute Gasteiger partial charge is 0.484 e. The Hall–Kier alpha value is -3.80. The van der Waals surface area contributed by atoms with Gasteiger partial charge in [0.25, 0.3) is 5.60 Å². The lowest BCUT2D eigenvalue weighted by Gasteiger charge is -2.29. The van der Waals surface area contributed by atoms with Crippen LogP contribution in [0.2, 0.25) is 5.28 Å². The highest BCUT2D eigenvalue weighted by atomic mass is 35.5. The van der Waals surface area contributed by atoms with Crippen molar-refractivity contribution in [3.8, 4) is 5.75 Å². The molecule has 1 aromatic carbocycles. The monoisotopic (exact) mass is 593 g/mol. The molecule has 0 radical (unpaired) electrons. The zero-order valence-electron chi connectivity index (χ0n) is 20.0. The summed E-state index contributed by atoms with van der Waals surface area (Å²) in [4.78, 5) is 35.6. The van der Waals surface area contributed by atoms with Crippen molar-refractivity contribution in [3.05, 3.63) is 41.4 Å². The number of imidazole rings is 1. The minimum absolute atomic E-state index is 0.0149. The lowest BCUT2D eigenvalue weighted by molar-refractivity contribution is -0.188. The Balaban J connectivity index is 1.51. The summed E-state index contributed by atoms with van der Waals surface area (Å²) in [5, 5.41) is 30.0. The van der Waals surface area contributed by atoms with E-state index < -0.39 is 68.0 Å². The first kappa shape index (κ1) is 29.2. The number of aliphatic hydroxyl groups is 1. The van der Waals surface area contributed by atoms with Crippen LogP contribution in [0.3, 0.4) is 0 Å². The highest BCUT2D eigenvalue weighted by Crippen LogP contribution is 2.37. The Morgan fingerprint density at radius 2 is 1.85 bits per heavy atom. The molecule has 3 atom stereocenters. The number of nitrogen functional groups attached to an aromatic ring is 1. The molecule has 2 aromatic heterocycles. The third kappa shape index (κ3) is 5.58. The van der Waals surface area contributed by atoms with Crippen molar-refractivity contribution in [2.24, 2.45) is 0 Å².